The lowest BCUT2D eigenvalue weighted by Crippen LogP contribution is -2.38. The Morgan fingerprint density at radius 1 is 1.08 bits per heavy atom. The summed E-state index contributed by atoms with van der Waals surface area (Å²) in [5.41, 5.74) is 3.13. The maximum Gasteiger partial charge on any atom is 0.255 e. The van der Waals surface area contributed by atoms with Crippen LogP contribution in [0.3, 0.4) is 0 Å². The number of nitrogens with zero attached hydrogens (tertiary/aromatic N) is 1. The molecule has 0 saturated carbocycles. The smallest absolute Gasteiger partial charge is 0.255 e. The molecule has 0 bridgehead atoms. The second-order valence-electron chi connectivity index (χ2n) is 6.67. The Bertz CT molecular complexity index is 865. The fourth-order valence-electron chi connectivity index (χ4n) is 3.06. The standard InChI is InChI=1S/C20H20Cl2N2O2/c1-12(2)20(26)24-9-3-4-13-10-15(6-8-18(13)24)23-19(25)14-5-7-16(21)17(22)11-14/h5-8,10-12H,3-4,9H2,1-2H3,(H,23,25). The van der Waals surface area contributed by atoms with Crippen LogP contribution in [0.4, 0.5) is 11.4 Å². The Morgan fingerprint density at radius 3 is 2.54 bits per heavy atom. The minimum Gasteiger partial charge on any atom is -0.322 e. The maximum absolute atomic E-state index is 12.4. The third kappa shape index (κ3) is 3.87. The SMILES string of the molecule is CC(C)C(=O)N1CCCc2cc(NC(=O)c3ccc(Cl)c(Cl)c3)ccc21. The summed E-state index contributed by atoms with van der Waals surface area (Å²) in [6.45, 7) is 4.55. The van der Waals surface area contributed by atoms with Crippen LogP contribution in [-0.4, -0.2) is 18.4 Å². The van der Waals surface area contributed by atoms with Gasteiger partial charge in [0.1, 0.15) is 0 Å². The van der Waals surface area contributed by atoms with Crippen molar-refractivity contribution in [3.8, 4) is 0 Å². The van der Waals surface area contributed by atoms with E-state index >= 15 is 0 Å². The number of aryl methyl sites for hydroxylation is 1. The highest BCUT2D eigenvalue weighted by Gasteiger charge is 2.24. The van der Waals surface area contributed by atoms with E-state index in [4.69, 9.17) is 23.2 Å². The number of carbonyl (C=O) groups is 2. The van der Waals surface area contributed by atoms with Crippen LogP contribution in [0.1, 0.15) is 36.2 Å². The third-order valence-corrected chi connectivity index (χ3v) is 5.14. The Labute approximate surface area is 163 Å². The topological polar surface area (TPSA) is 49.4 Å². The molecule has 0 atom stereocenters. The number of nitrogens with one attached hydrogen (secondary N) is 1. The van der Waals surface area contributed by atoms with E-state index in [1.54, 1.807) is 18.2 Å². The van der Waals surface area contributed by atoms with Crippen LogP contribution in [-0.2, 0) is 11.2 Å². The zero-order valence-corrected chi connectivity index (χ0v) is 16.2. The number of halogens is 2. The van der Waals surface area contributed by atoms with Crippen molar-refractivity contribution in [2.45, 2.75) is 26.7 Å². The zero-order valence-electron chi connectivity index (χ0n) is 14.7. The minimum atomic E-state index is -0.255. The molecular formula is C20H20Cl2N2O2. The summed E-state index contributed by atoms with van der Waals surface area (Å²) in [6, 6.07) is 10.4. The molecule has 3 rings (SSSR count). The van der Waals surface area contributed by atoms with Crippen LogP contribution < -0.4 is 10.2 Å². The normalized spacial score (nSPS) is 13.5. The van der Waals surface area contributed by atoms with E-state index in [-0.39, 0.29) is 17.7 Å². The van der Waals surface area contributed by atoms with Gasteiger partial charge in [0, 0.05) is 29.4 Å². The third-order valence-electron chi connectivity index (χ3n) is 4.40. The zero-order chi connectivity index (χ0) is 18.8. The lowest BCUT2D eigenvalue weighted by Gasteiger charge is -2.31. The Kier molecular flexibility index (Phi) is 5.54. The molecule has 0 unspecified atom stereocenters. The van der Waals surface area contributed by atoms with Crippen molar-refractivity contribution in [3.05, 3.63) is 57.6 Å². The summed E-state index contributed by atoms with van der Waals surface area (Å²) in [4.78, 5) is 26.7. The van der Waals surface area contributed by atoms with Crippen LogP contribution in [0, 0.1) is 5.92 Å². The molecule has 0 radical (unpaired) electrons. The lowest BCUT2D eigenvalue weighted by atomic mass is 9.99. The van der Waals surface area contributed by atoms with E-state index < -0.39 is 0 Å². The van der Waals surface area contributed by atoms with Gasteiger partial charge in [-0.2, -0.15) is 0 Å². The highest BCUT2D eigenvalue weighted by Crippen LogP contribution is 2.31. The van der Waals surface area contributed by atoms with Crippen molar-refractivity contribution in [1.29, 1.82) is 0 Å². The number of hydrogen-bond acceptors (Lipinski definition) is 2. The van der Waals surface area contributed by atoms with Crippen LogP contribution in [0.5, 0.6) is 0 Å². The van der Waals surface area contributed by atoms with E-state index in [1.165, 1.54) is 0 Å². The number of hydrogen-bond donors (Lipinski definition) is 1. The molecule has 2 aromatic rings. The van der Waals surface area contributed by atoms with Crippen LogP contribution in [0.15, 0.2) is 36.4 Å². The van der Waals surface area contributed by atoms with Gasteiger partial charge < -0.3 is 10.2 Å². The maximum atomic E-state index is 12.4. The van der Waals surface area contributed by atoms with E-state index in [1.807, 2.05) is 36.9 Å². The highest BCUT2D eigenvalue weighted by molar-refractivity contribution is 6.42. The number of rotatable bonds is 3. The summed E-state index contributed by atoms with van der Waals surface area (Å²) < 4.78 is 0. The van der Waals surface area contributed by atoms with Gasteiger partial charge in [-0.1, -0.05) is 37.0 Å². The largest absolute Gasteiger partial charge is 0.322 e. The Morgan fingerprint density at radius 2 is 1.85 bits per heavy atom. The first-order valence-corrected chi connectivity index (χ1v) is 9.33. The molecule has 0 aromatic heterocycles. The van der Waals surface area contributed by atoms with Crippen molar-refractivity contribution in [3.63, 3.8) is 0 Å². The number of anilines is 2. The van der Waals surface area contributed by atoms with Gasteiger partial charge in [-0.3, -0.25) is 9.59 Å². The second kappa shape index (κ2) is 7.68. The number of fused-ring (bicyclic) bond motifs is 1. The van der Waals surface area contributed by atoms with Crippen molar-refractivity contribution in [2.75, 3.05) is 16.8 Å². The fourth-order valence-corrected chi connectivity index (χ4v) is 3.35. The molecule has 26 heavy (non-hydrogen) atoms. The van der Waals surface area contributed by atoms with Gasteiger partial charge in [0.2, 0.25) is 5.91 Å². The molecule has 0 saturated heterocycles. The molecule has 2 aromatic carbocycles. The summed E-state index contributed by atoms with van der Waals surface area (Å²) in [7, 11) is 0. The second-order valence-corrected chi connectivity index (χ2v) is 7.49. The molecular weight excluding hydrogens is 371 g/mol. The molecule has 0 aliphatic carbocycles. The average molecular weight is 391 g/mol. The van der Waals surface area contributed by atoms with Gasteiger partial charge in [-0.25, -0.2) is 0 Å². The number of benzene rings is 2. The van der Waals surface area contributed by atoms with E-state index in [9.17, 15) is 9.59 Å². The molecule has 1 N–H and O–H groups in total. The lowest BCUT2D eigenvalue weighted by molar-refractivity contribution is -0.121. The highest BCUT2D eigenvalue weighted by atomic mass is 35.5. The van der Waals surface area contributed by atoms with Gasteiger partial charge in [0.05, 0.1) is 10.0 Å². The Hall–Kier alpha value is -2.04. The molecule has 1 aliphatic heterocycles. The molecule has 1 heterocycles. The molecule has 2 amide bonds. The number of amides is 2. The monoisotopic (exact) mass is 390 g/mol. The van der Waals surface area contributed by atoms with Gasteiger partial charge in [-0.15, -0.1) is 0 Å². The van der Waals surface area contributed by atoms with Crippen LogP contribution in [0.2, 0.25) is 10.0 Å². The number of carbonyl (C=O) groups excluding carboxylic acids is 2. The quantitative estimate of drug-likeness (QED) is 0.784. The van der Waals surface area contributed by atoms with Gasteiger partial charge >= 0.3 is 0 Å². The predicted octanol–water partition coefficient (Wildman–Crippen LogP) is 5.18. The van der Waals surface area contributed by atoms with Gasteiger partial charge in [0.25, 0.3) is 5.91 Å². The first kappa shape index (κ1) is 18.7. The fraction of sp³-hybridized carbons (Fsp3) is 0.300. The van der Waals surface area contributed by atoms with Gasteiger partial charge in [-0.05, 0) is 54.8 Å². The Balaban J connectivity index is 1.81. The average Bonchev–Trinajstić information content (AvgIpc) is 2.62. The first-order valence-electron chi connectivity index (χ1n) is 8.57. The molecule has 0 spiro atoms. The van der Waals surface area contributed by atoms with Crippen LogP contribution in [0.25, 0.3) is 0 Å². The van der Waals surface area contributed by atoms with E-state index in [0.29, 0.717) is 21.3 Å². The van der Waals surface area contributed by atoms with Crippen molar-refractivity contribution < 1.29 is 9.59 Å². The van der Waals surface area contributed by atoms with Gasteiger partial charge in [0.15, 0.2) is 0 Å². The molecule has 0 fully saturated rings. The minimum absolute atomic E-state index is 0.0463. The van der Waals surface area contributed by atoms with Crippen LogP contribution >= 0.6 is 23.2 Å². The summed E-state index contributed by atoms with van der Waals surface area (Å²) in [5, 5.41) is 3.63. The van der Waals surface area contributed by atoms with E-state index in [0.717, 1.165) is 30.6 Å². The summed E-state index contributed by atoms with van der Waals surface area (Å²) in [5.74, 6) is -0.178. The van der Waals surface area contributed by atoms with Crippen molar-refractivity contribution >= 4 is 46.4 Å². The molecule has 6 heteroatoms. The first-order chi connectivity index (χ1) is 12.4. The summed E-state index contributed by atoms with van der Waals surface area (Å²) in [6.07, 6.45) is 1.79. The van der Waals surface area contributed by atoms with Crippen molar-refractivity contribution in [2.24, 2.45) is 5.92 Å². The summed E-state index contributed by atoms with van der Waals surface area (Å²) >= 11 is 11.9. The predicted molar refractivity (Wildman–Crippen MR) is 106 cm³/mol. The molecule has 4 nitrogen and oxygen atoms in total. The van der Waals surface area contributed by atoms with E-state index in [2.05, 4.69) is 5.32 Å². The molecule has 1 aliphatic rings. The molecule has 136 valence electrons. The van der Waals surface area contributed by atoms with Crippen molar-refractivity contribution in [1.82, 2.24) is 0 Å².